The third kappa shape index (κ3) is 4.28. The lowest BCUT2D eigenvalue weighted by Crippen LogP contribution is -2.30. The number of nitrogens with one attached hydrogen (secondary N) is 1. The predicted octanol–water partition coefficient (Wildman–Crippen LogP) is 4.28. The summed E-state index contributed by atoms with van der Waals surface area (Å²) in [4.78, 5) is 15.0. The first-order valence-electron chi connectivity index (χ1n) is 9.29. The zero-order chi connectivity index (χ0) is 21.9. The molecule has 0 amide bonds. The van der Waals surface area contributed by atoms with Crippen molar-refractivity contribution >= 4 is 27.1 Å². The van der Waals surface area contributed by atoms with Crippen molar-refractivity contribution in [2.45, 2.75) is 31.7 Å². The number of rotatable bonds is 8. The van der Waals surface area contributed by atoms with Crippen molar-refractivity contribution in [3.63, 3.8) is 0 Å². The Balaban J connectivity index is 1.97. The Kier molecular flexibility index (Phi) is 6.06. The largest absolute Gasteiger partial charge is 0.444 e. The van der Waals surface area contributed by atoms with Gasteiger partial charge in [-0.1, -0.05) is 18.2 Å². The van der Waals surface area contributed by atoms with Gasteiger partial charge in [-0.3, -0.25) is 14.4 Å². The Hall–Kier alpha value is -3.40. The zero-order valence-corrected chi connectivity index (χ0v) is 17.6. The SMILES string of the molecule is CCN(c1ccccc1)S(=O)(=O)c1ccc(N[C@@H](C)c2ncc(C)o2)c([N+](=O)[O-])c1. The van der Waals surface area contributed by atoms with E-state index in [1.165, 1.54) is 16.4 Å². The van der Waals surface area contributed by atoms with Crippen LogP contribution >= 0.6 is 0 Å². The fourth-order valence-corrected chi connectivity index (χ4v) is 4.52. The van der Waals surface area contributed by atoms with Gasteiger partial charge in [0.25, 0.3) is 15.7 Å². The van der Waals surface area contributed by atoms with Crippen molar-refractivity contribution < 1.29 is 17.8 Å². The van der Waals surface area contributed by atoms with Crippen LogP contribution in [0, 0.1) is 17.0 Å². The van der Waals surface area contributed by atoms with E-state index in [1.54, 1.807) is 57.3 Å². The number of nitro benzene ring substituents is 1. The van der Waals surface area contributed by atoms with E-state index < -0.39 is 21.0 Å². The second-order valence-electron chi connectivity index (χ2n) is 6.62. The van der Waals surface area contributed by atoms with Crippen molar-refractivity contribution in [3.8, 4) is 0 Å². The van der Waals surface area contributed by atoms with Crippen LogP contribution in [-0.4, -0.2) is 24.9 Å². The topological polar surface area (TPSA) is 119 Å². The van der Waals surface area contributed by atoms with Gasteiger partial charge >= 0.3 is 0 Å². The lowest BCUT2D eigenvalue weighted by Gasteiger charge is -2.23. The second kappa shape index (κ2) is 8.54. The van der Waals surface area contributed by atoms with E-state index in [0.29, 0.717) is 17.3 Å². The average Bonchev–Trinajstić information content (AvgIpc) is 3.15. The molecule has 2 aromatic carbocycles. The molecular weight excluding hydrogens is 408 g/mol. The molecule has 9 nitrogen and oxygen atoms in total. The van der Waals surface area contributed by atoms with Gasteiger partial charge < -0.3 is 9.73 Å². The summed E-state index contributed by atoms with van der Waals surface area (Å²) < 4.78 is 33.0. The molecule has 0 saturated heterocycles. The molecule has 0 bridgehead atoms. The van der Waals surface area contributed by atoms with Crippen LogP contribution in [0.15, 0.2) is 64.0 Å². The third-order valence-corrected chi connectivity index (χ3v) is 6.37. The molecule has 0 fully saturated rings. The van der Waals surface area contributed by atoms with Crippen LogP contribution < -0.4 is 9.62 Å². The normalized spacial score (nSPS) is 12.4. The molecule has 1 atom stereocenters. The summed E-state index contributed by atoms with van der Waals surface area (Å²) in [5.74, 6) is 0.995. The van der Waals surface area contributed by atoms with Crippen LogP contribution in [0.4, 0.5) is 17.1 Å². The van der Waals surface area contributed by atoms with E-state index >= 15 is 0 Å². The standard InChI is InChI=1S/C20H22N4O5S/c1-4-23(16-8-6-5-7-9-16)30(27,28)17-10-11-18(19(12-17)24(25)26)22-15(3)20-21-13-14(2)29-20/h5-13,15,22H,4H2,1-3H3/t15-/m0/s1. The number of para-hydroxylation sites is 1. The van der Waals surface area contributed by atoms with E-state index in [9.17, 15) is 18.5 Å². The minimum absolute atomic E-state index is 0.162. The van der Waals surface area contributed by atoms with Crippen LogP contribution in [0.25, 0.3) is 0 Å². The molecule has 0 aliphatic carbocycles. The summed E-state index contributed by atoms with van der Waals surface area (Å²) in [7, 11) is -3.98. The van der Waals surface area contributed by atoms with Gasteiger partial charge in [0.1, 0.15) is 17.5 Å². The Labute approximate surface area is 174 Å². The molecule has 0 radical (unpaired) electrons. The molecule has 0 aliphatic rings. The molecule has 158 valence electrons. The monoisotopic (exact) mass is 430 g/mol. The molecule has 1 N–H and O–H groups in total. The van der Waals surface area contributed by atoms with E-state index in [-0.39, 0.29) is 22.8 Å². The Morgan fingerprint density at radius 3 is 2.50 bits per heavy atom. The highest BCUT2D eigenvalue weighted by Crippen LogP contribution is 2.32. The number of sulfonamides is 1. The van der Waals surface area contributed by atoms with Crippen molar-refractivity contribution in [2.75, 3.05) is 16.2 Å². The number of hydrogen-bond donors (Lipinski definition) is 1. The number of benzene rings is 2. The van der Waals surface area contributed by atoms with Gasteiger partial charge in [0.15, 0.2) is 0 Å². The summed E-state index contributed by atoms with van der Waals surface area (Å²) in [6.07, 6.45) is 1.56. The molecule has 3 aromatic rings. The summed E-state index contributed by atoms with van der Waals surface area (Å²) in [5.41, 5.74) is 0.304. The average molecular weight is 430 g/mol. The summed E-state index contributed by atoms with van der Waals surface area (Å²) in [5, 5.41) is 14.6. The first-order valence-corrected chi connectivity index (χ1v) is 10.7. The molecule has 0 spiro atoms. The highest BCUT2D eigenvalue weighted by Gasteiger charge is 2.27. The molecule has 1 aromatic heterocycles. The number of oxazole rings is 1. The Bertz CT molecular complexity index is 1150. The number of hydrogen-bond acceptors (Lipinski definition) is 7. The van der Waals surface area contributed by atoms with Gasteiger partial charge in [-0.25, -0.2) is 13.4 Å². The van der Waals surface area contributed by atoms with Gasteiger partial charge in [-0.2, -0.15) is 0 Å². The minimum Gasteiger partial charge on any atom is -0.444 e. The van der Waals surface area contributed by atoms with Crippen molar-refractivity contribution in [2.24, 2.45) is 0 Å². The van der Waals surface area contributed by atoms with Crippen LogP contribution in [0.1, 0.15) is 31.5 Å². The minimum atomic E-state index is -3.98. The quantitative estimate of drug-likeness (QED) is 0.418. The molecule has 0 aliphatic heterocycles. The number of nitrogens with zero attached hydrogens (tertiary/aromatic N) is 3. The second-order valence-corrected chi connectivity index (χ2v) is 8.48. The lowest BCUT2D eigenvalue weighted by molar-refractivity contribution is -0.384. The number of aryl methyl sites for hydroxylation is 1. The first kappa shape index (κ1) is 21.3. The molecule has 30 heavy (non-hydrogen) atoms. The molecule has 10 heteroatoms. The fourth-order valence-electron chi connectivity index (χ4n) is 3.03. The lowest BCUT2D eigenvalue weighted by atomic mass is 10.2. The molecule has 1 heterocycles. The Morgan fingerprint density at radius 2 is 1.93 bits per heavy atom. The summed E-state index contributed by atoms with van der Waals surface area (Å²) in [6.45, 7) is 5.38. The van der Waals surface area contributed by atoms with Crippen molar-refractivity contribution in [3.05, 3.63) is 76.5 Å². The van der Waals surface area contributed by atoms with Gasteiger partial charge in [0.2, 0.25) is 5.89 Å². The predicted molar refractivity (Wildman–Crippen MR) is 113 cm³/mol. The van der Waals surface area contributed by atoms with Crippen LogP contribution in [0.2, 0.25) is 0 Å². The third-order valence-electron chi connectivity index (χ3n) is 4.47. The van der Waals surface area contributed by atoms with Gasteiger partial charge in [0, 0.05) is 12.6 Å². The highest BCUT2D eigenvalue weighted by atomic mass is 32.2. The van der Waals surface area contributed by atoms with E-state index in [0.717, 1.165) is 6.07 Å². The summed E-state index contributed by atoms with van der Waals surface area (Å²) in [6, 6.07) is 11.9. The molecule has 0 unspecified atom stereocenters. The highest BCUT2D eigenvalue weighted by molar-refractivity contribution is 7.92. The van der Waals surface area contributed by atoms with Crippen LogP contribution in [0.3, 0.4) is 0 Å². The number of anilines is 2. The van der Waals surface area contributed by atoms with E-state index in [2.05, 4.69) is 10.3 Å². The first-order chi connectivity index (χ1) is 14.2. The van der Waals surface area contributed by atoms with Crippen molar-refractivity contribution in [1.29, 1.82) is 0 Å². The molecular formula is C20H22N4O5S. The van der Waals surface area contributed by atoms with Gasteiger partial charge in [0.05, 0.1) is 21.7 Å². The van der Waals surface area contributed by atoms with Crippen molar-refractivity contribution in [1.82, 2.24) is 4.98 Å². The summed E-state index contributed by atoms with van der Waals surface area (Å²) >= 11 is 0. The van der Waals surface area contributed by atoms with Crippen LogP contribution in [-0.2, 0) is 10.0 Å². The Morgan fingerprint density at radius 1 is 1.23 bits per heavy atom. The number of nitro groups is 1. The zero-order valence-electron chi connectivity index (χ0n) is 16.8. The maximum absolute atomic E-state index is 13.2. The van der Waals surface area contributed by atoms with Gasteiger partial charge in [-0.05, 0) is 45.0 Å². The van der Waals surface area contributed by atoms with E-state index in [4.69, 9.17) is 4.42 Å². The van der Waals surface area contributed by atoms with E-state index in [1.807, 2.05) is 0 Å². The number of aromatic nitrogens is 1. The molecule has 3 rings (SSSR count). The smallest absolute Gasteiger partial charge is 0.293 e. The maximum Gasteiger partial charge on any atom is 0.293 e. The maximum atomic E-state index is 13.2. The molecule has 0 saturated carbocycles. The van der Waals surface area contributed by atoms with Crippen LogP contribution in [0.5, 0.6) is 0 Å². The fraction of sp³-hybridized carbons (Fsp3) is 0.250. The van der Waals surface area contributed by atoms with Gasteiger partial charge in [-0.15, -0.1) is 0 Å².